The molecule has 0 fully saturated rings. The van der Waals surface area contributed by atoms with Crippen LogP contribution in [-0.4, -0.2) is 60.8 Å². The Kier molecular flexibility index (Phi) is 37.5. The molecule has 0 heterocycles. The number of rotatable bonds is 37. The van der Waals surface area contributed by atoms with Gasteiger partial charge in [-0.05, 0) is 64.6 Å². The van der Waals surface area contributed by atoms with Gasteiger partial charge in [-0.25, -0.2) is 0 Å². The summed E-state index contributed by atoms with van der Waals surface area (Å²) in [5, 5.41) is 9.71. The van der Waals surface area contributed by atoms with Gasteiger partial charge in [0.1, 0.15) is 0 Å². The van der Waals surface area contributed by atoms with Crippen LogP contribution in [0.15, 0.2) is 12.2 Å². The normalized spacial score (nSPS) is 12.0. The zero-order valence-electron chi connectivity index (χ0n) is 30.2. The monoisotopic (exact) mass is 607 g/mol. The standard InChI is InChI=1S/C40H82N2O/c1-4-7-10-13-16-19-22-25-28-31-34-41(35-32-29-26-23-20-17-14-11-8-5-2)37-38-42(39-40-43)36-33-30-27-24-21-18-15-12-9-6-3/h18,21,43H,4-17,19-20,22-40H2,1-3H3/b21-18-. The van der Waals surface area contributed by atoms with Crippen LogP contribution >= 0.6 is 0 Å². The first-order valence-electron chi connectivity index (χ1n) is 20.0. The molecule has 1 N–H and O–H groups in total. The lowest BCUT2D eigenvalue weighted by Crippen LogP contribution is -2.38. The molecule has 0 saturated heterocycles. The van der Waals surface area contributed by atoms with E-state index in [0.717, 1.165) is 19.6 Å². The molecule has 0 aromatic carbocycles. The number of unbranched alkanes of at least 4 members (excludes halogenated alkanes) is 24. The summed E-state index contributed by atoms with van der Waals surface area (Å²) in [6, 6.07) is 0. The Labute approximate surface area is 273 Å². The van der Waals surface area contributed by atoms with Crippen LogP contribution in [0.3, 0.4) is 0 Å². The third-order valence-corrected chi connectivity index (χ3v) is 9.29. The molecule has 3 heteroatoms. The topological polar surface area (TPSA) is 26.7 Å². The van der Waals surface area contributed by atoms with Crippen molar-refractivity contribution in [2.24, 2.45) is 0 Å². The van der Waals surface area contributed by atoms with Crippen molar-refractivity contribution >= 4 is 0 Å². The number of hydrogen-bond donors (Lipinski definition) is 1. The lowest BCUT2D eigenvalue weighted by atomic mass is 10.1. The minimum absolute atomic E-state index is 0.289. The molecule has 0 aromatic rings. The van der Waals surface area contributed by atoms with Gasteiger partial charge < -0.3 is 10.0 Å². The molecule has 0 rings (SSSR count). The average molecular weight is 607 g/mol. The van der Waals surface area contributed by atoms with Gasteiger partial charge in [-0.1, -0.05) is 168 Å². The van der Waals surface area contributed by atoms with Crippen molar-refractivity contribution in [2.75, 3.05) is 45.9 Å². The first-order chi connectivity index (χ1) is 21.3. The van der Waals surface area contributed by atoms with Crippen LogP contribution in [0.25, 0.3) is 0 Å². The molecule has 0 aliphatic heterocycles. The molecule has 0 atom stereocenters. The van der Waals surface area contributed by atoms with Gasteiger partial charge in [-0.2, -0.15) is 0 Å². The molecular weight excluding hydrogens is 524 g/mol. The summed E-state index contributed by atoms with van der Waals surface area (Å²) in [7, 11) is 0. The molecule has 0 saturated carbocycles. The summed E-state index contributed by atoms with van der Waals surface area (Å²) in [4.78, 5) is 5.30. The molecule has 0 aliphatic carbocycles. The summed E-state index contributed by atoms with van der Waals surface area (Å²) >= 11 is 0. The Morgan fingerprint density at radius 2 is 0.605 bits per heavy atom. The molecule has 258 valence electrons. The first-order valence-corrected chi connectivity index (χ1v) is 20.0. The zero-order valence-corrected chi connectivity index (χ0v) is 30.2. The van der Waals surface area contributed by atoms with E-state index >= 15 is 0 Å². The van der Waals surface area contributed by atoms with Crippen LogP contribution in [0, 0.1) is 0 Å². The fourth-order valence-corrected chi connectivity index (χ4v) is 6.26. The predicted molar refractivity (Wildman–Crippen MR) is 195 cm³/mol. The molecule has 43 heavy (non-hydrogen) atoms. The molecule has 0 unspecified atom stereocenters. The highest BCUT2D eigenvalue weighted by atomic mass is 16.3. The van der Waals surface area contributed by atoms with Crippen molar-refractivity contribution in [2.45, 2.75) is 201 Å². The highest BCUT2D eigenvalue weighted by molar-refractivity contribution is 4.81. The largest absolute Gasteiger partial charge is 0.395 e. The smallest absolute Gasteiger partial charge is 0.0558 e. The third kappa shape index (κ3) is 34.3. The Balaban J connectivity index is 4.30. The number of hydrogen-bond acceptors (Lipinski definition) is 3. The van der Waals surface area contributed by atoms with E-state index in [-0.39, 0.29) is 6.61 Å². The van der Waals surface area contributed by atoms with Gasteiger partial charge in [0.25, 0.3) is 0 Å². The minimum atomic E-state index is 0.289. The number of allylic oxidation sites excluding steroid dienone is 2. The zero-order chi connectivity index (χ0) is 31.3. The van der Waals surface area contributed by atoms with E-state index < -0.39 is 0 Å². The highest BCUT2D eigenvalue weighted by Gasteiger charge is 2.09. The number of aliphatic hydroxyl groups excluding tert-OH is 1. The maximum atomic E-state index is 9.71. The highest BCUT2D eigenvalue weighted by Crippen LogP contribution is 2.13. The average Bonchev–Trinajstić information content (AvgIpc) is 3.01. The number of nitrogens with zero attached hydrogens (tertiary/aromatic N) is 2. The van der Waals surface area contributed by atoms with Crippen molar-refractivity contribution in [1.82, 2.24) is 9.80 Å². The van der Waals surface area contributed by atoms with Crippen LogP contribution in [0.2, 0.25) is 0 Å². The second-order valence-corrected chi connectivity index (χ2v) is 13.6. The van der Waals surface area contributed by atoms with E-state index in [9.17, 15) is 5.11 Å². The van der Waals surface area contributed by atoms with Gasteiger partial charge in [-0.15, -0.1) is 0 Å². The Hall–Kier alpha value is -0.380. The predicted octanol–water partition coefficient (Wildman–Crippen LogP) is 12.1. The van der Waals surface area contributed by atoms with Crippen LogP contribution in [0.4, 0.5) is 0 Å². The summed E-state index contributed by atoms with van der Waals surface area (Å²) in [5.41, 5.74) is 0. The molecule has 0 aromatic heterocycles. The molecule has 3 nitrogen and oxygen atoms in total. The maximum absolute atomic E-state index is 9.71. The van der Waals surface area contributed by atoms with Crippen LogP contribution in [-0.2, 0) is 0 Å². The summed E-state index contributed by atoms with van der Waals surface area (Å²) in [5.74, 6) is 0. The van der Waals surface area contributed by atoms with E-state index in [4.69, 9.17) is 0 Å². The van der Waals surface area contributed by atoms with Gasteiger partial charge in [0.2, 0.25) is 0 Å². The van der Waals surface area contributed by atoms with Crippen molar-refractivity contribution in [3.8, 4) is 0 Å². The molecule has 0 bridgehead atoms. The summed E-state index contributed by atoms with van der Waals surface area (Å²) < 4.78 is 0. The van der Waals surface area contributed by atoms with Gasteiger partial charge in [0.05, 0.1) is 6.61 Å². The van der Waals surface area contributed by atoms with Crippen molar-refractivity contribution < 1.29 is 5.11 Å². The maximum Gasteiger partial charge on any atom is 0.0558 e. The second-order valence-electron chi connectivity index (χ2n) is 13.6. The Morgan fingerprint density at radius 3 is 0.977 bits per heavy atom. The molecular formula is C40H82N2O. The molecule has 0 aliphatic rings. The van der Waals surface area contributed by atoms with Gasteiger partial charge in [-0.3, -0.25) is 4.90 Å². The fourth-order valence-electron chi connectivity index (χ4n) is 6.26. The van der Waals surface area contributed by atoms with Crippen LogP contribution in [0.1, 0.15) is 201 Å². The SMILES string of the molecule is CCCCC/C=C\CCCCCN(CCO)CCN(CCCCCCCCCCCC)CCCCCCCCCCCC. The first kappa shape index (κ1) is 42.6. The van der Waals surface area contributed by atoms with E-state index in [1.165, 1.54) is 199 Å². The quantitative estimate of drug-likeness (QED) is 0.0563. The Bertz CT molecular complexity index is 499. The fraction of sp³-hybridized carbons (Fsp3) is 0.950. The third-order valence-electron chi connectivity index (χ3n) is 9.29. The summed E-state index contributed by atoms with van der Waals surface area (Å²) in [6.45, 7) is 14.0. The lowest BCUT2D eigenvalue weighted by molar-refractivity contribution is 0.163. The minimum Gasteiger partial charge on any atom is -0.395 e. The van der Waals surface area contributed by atoms with Crippen LogP contribution < -0.4 is 0 Å². The van der Waals surface area contributed by atoms with Gasteiger partial charge >= 0.3 is 0 Å². The molecule has 0 spiro atoms. The summed E-state index contributed by atoms with van der Waals surface area (Å²) in [6.07, 6.45) is 43.5. The second kappa shape index (κ2) is 37.8. The van der Waals surface area contributed by atoms with Crippen molar-refractivity contribution in [3.63, 3.8) is 0 Å². The van der Waals surface area contributed by atoms with Crippen molar-refractivity contribution in [3.05, 3.63) is 12.2 Å². The number of aliphatic hydroxyl groups is 1. The van der Waals surface area contributed by atoms with E-state index in [1.807, 2.05) is 0 Å². The van der Waals surface area contributed by atoms with Gasteiger partial charge in [0, 0.05) is 19.6 Å². The lowest BCUT2D eigenvalue weighted by Gasteiger charge is -2.27. The van der Waals surface area contributed by atoms with Crippen LogP contribution in [0.5, 0.6) is 0 Å². The van der Waals surface area contributed by atoms with Gasteiger partial charge in [0.15, 0.2) is 0 Å². The van der Waals surface area contributed by atoms with Crippen molar-refractivity contribution in [1.29, 1.82) is 0 Å². The van der Waals surface area contributed by atoms with E-state index in [1.54, 1.807) is 0 Å². The Morgan fingerprint density at radius 1 is 0.326 bits per heavy atom. The van der Waals surface area contributed by atoms with E-state index in [2.05, 4.69) is 42.7 Å². The molecule has 0 radical (unpaired) electrons. The molecule has 0 amide bonds. The van der Waals surface area contributed by atoms with E-state index in [0.29, 0.717) is 0 Å².